The van der Waals surface area contributed by atoms with Crippen LogP contribution in [0.15, 0.2) is 64.6 Å². The molecule has 10 heteroatoms. The molecule has 0 aliphatic rings. The van der Waals surface area contributed by atoms with Gasteiger partial charge in [-0.1, -0.05) is 41.6 Å². The predicted octanol–water partition coefficient (Wildman–Crippen LogP) is 3.16. The Hall–Kier alpha value is -1.94. The Balaban J connectivity index is 1.71. The van der Waals surface area contributed by atoms with Gasteiger partial charge in [-0.15, -0.1) is 5.10 Å². The van der Waals surface area contributed by atoms with Crippen LogP contribution < -0.4 is 4.72 Å². The number of halogens is 1. The van der Waals surface area contributed by atoms with Gasteiger partial charge in [-0.05, 0) is 60.7 Å². The van der Waals surface area contributed by atoms with E-state index >= 15 is 0 Å². The van der Waals surface area contributed by atoms with Gasteiger partial charge in [-0.2, -0.15) is 4.68 Å². The van der Waals surface area contributed by atoms with Crippen LogP contribution >= 0.6 is 23.4 Å². The van der Waals surface area contributed by atoms with Crippen LogP contribution in [0, 0.1) is 0 Å². The van der Waals surface area contributed by atoms with Gasteiger partial charge in [-0.3, -0.25) is 0 Å². The predicted molar refractivity (Wildman–Crippen MR) is 106 cm³/mol. The lowest BCUT2D eigenvalue weighted by Crippen LogP contribution is -2.45. The second-order valence-electron chi connectivity index (χ2n) is 6.44. The van der Waals surface area contributed by atoms with Gasteiger partial charge in [0.1, 0.15) is 0 Å². The molecule has 0 fully saturated rings. The molecule has 0 saturated carbocycles. The van der Waals surface area contributed by atoms with Crippen molar-refractivity contribution in [3.63, 3.8) is 0 Å². The number of nitrogens with zero attached hydrogens (tertiary/aromatic N) is 4. The number of thioether (sulfide) groups is 1. The van der Waals surface area contributed by atoms with Gasteiger partial charge in [0.2, 0.25) is 15.2 Å². The SMILES string of the molecule is CC(C)(CSc1nnnn1-c1ccccc1)NS(=O)(=O)c1ccc(Cl)cc1. The molecule has 142 valence electrons. The minimum Gasteiger partial charge on any atom is -0.207 e. The average Bonchev–Trinajstić information content (AvgIpc) is 3.09. The number of hydrogen-bond acceptors (Lipinski definition) is 6. The Kier molecular flexibility index (Phi) is 5.85. The molecule has 0 amide bonds. The standard InChI is InChI=1S/C17H18ClN5O2S2/c1-17(2,20-27(24,25)15-10-8-13(18)9-11-15)12-26-16-19-21-22-23(16)14-6-4-3-5-7-14/h3-11,20H,12H2,1-2H3. The molecule has 0 saturated heterocycles. The zero-order valence-electron chi connectivity index (χ0n) is 14.7. The van der Waals surface area contributed by atoms with Gasteiger partial charge < -0.3 is 0 Å². The molecule has 1 heterocycles. The number of para-hydroxylation sites is 1. The first-order valence-corrected chi connectivity index (χ1v) is 10.9. The van der Waals surface area contributed by atoms with Crippen LogP contribution in [0.5, 0.6) is 0 Å². The van der Waals surface area contributed by atoms with E-state index in [0.29, 0.717) is 15.9 Å². The number of benzene rings is 2. The molecule has 0 aliphatic heterocycles. The number of aromatic nitrogens is 4. The monoisotopic (exact) mass is 423 g/mol. The molecule has 3 rings (SSSR count). The third kappa shape index (κ3) is 5.07. The van der Waals surface area contributed by atoms with Gasteiger partial charge >= 0.3 is 0 Å². The van der Waals surface area contributed by atoms with Gasteiger partial charge in [0, 0.05) is 16.3 Å². The van der Waals surface area contributed by atoms with Crippen molar-refractivity contribution in [2.75, 3.05) is 5.75 Å². The van der Waals surface area contributed by atoms with E-state index in [1.807, 2.05) is 44.2 Å². The molecule has 0 spiro atoms. The molecule has 0 radical (unpaired) electrons. The van der Waals surface area contributed by atoms with E-state index in [4.69, 9.17) is 11.6 Å². The number of rotatable bonds is 7. The largest absolute Gasteiger partial charge is 0.241 e. The van der Waals surface area contributed by atoms with Crippen molar-refractivity contribution >= 4 is 33.4 Å². The molecule has 1 aromatic heterocycles. The number of tetrazole rings is 1. The summed E-state index contributed by atoms with van der Waals surface area (Å²) in [6.45, 7) is 3.62. The zero-order valence-corrected chi connectivity index (χ0v) is 17.1. The molecular formula is C17H18ClN5O2S2. The first-order valence-electron chi connectivity index (χ1n) is 8.03. The van der Waals surface area contributed by atoms with Crippen molar-refractivity contribution in [3.05, 3.63) is 59.6 Å². The summed E-state index contributed by atoms with van der Waals surface area (Å²) in [4.78, 5) is 0.166. The highest BCUT2D eigenvalue weighted by Crippen LogP contribution is 2.24. The van der Waals surface area contributed by atoms with Crippen LogP contribution in [0.3, 0.4) is 0 Å². The molecule has 1 N–H and O–H groups in total. The Labute approximate surface area is 167 Å². The topological polar surface area (TPSA) is 89.8 Å². The zero-order chi connectivity index (χ0) is 19.5. The average molecular weight is 424 g/mol. The lowest BCUT2D eigenvalue weighted by Gasteiger charge is -2.25. The molecule has 3 aromatic rings. The fourth-order valence-electron chi connectivity index (χ4n) is 2.31. The minimum atomic E-state index is -3.67. The molecular weight excluding hydrogens is 406 g/mol. The van der Waals surface area contributed by atoms with Crippen molar-refractivity contribution < 1.29 is 8.42 Å². The summed E-state index contributed by atoms with van der Waals surface area (Å²) in [6, 6.07) is 15.6. The summed E-state index contributed by atoms with van der Waals surface area (Å²) in [7, 11) is -3.67. The quantitative estimate of drug-likeness (QED) is 0.587. The molecule has 27 heavy (non-hydrogen) atoms. The molecule has 0 aliphatic carbocycles. The lowest BCUT2D eigenvalue weighted by atomic mass is 10.1. The Bertz CT molecular complexity index is 1010. The molecule has 0 bridgehead atoms. The lowest BCUT2D eigenvalue weighted by molar-refractivity contribution is 0.497. The highest BCUT2D eigenvalue weighted by atomic mass is 35.5. The molecule has 7 nitrogen and oxygen atoms in total. The van der Waals surface area contributed by atoms with Gasteiger partial charge in [0.25, 0.3) is 0 Å². The number of sulfonamides is 1. The van der Waals surface area contributed by atoms with Crippen LogP contribution in [-0.4, -0.2) is 39.9 Å². The summed E-state index contributed by atoms with van der Waals surface area (Å²) in [5.41, 5.74) is 0.112. The fourth-order valence-corrected chi connectivity index (χ4v) is 4.86. The Morgan fingerprint density at radius 2 is 1.78 bits per heavy atom. The molecule has 0 atom stereocenters. The highest BCUT2D eigenvalue weighted by molar-refractivity contribution is 7.99. The van der Waals surface area contributed by atoms with E-state index in [1.54, 1.807) is 16.8 Å². The third-order valence-electron chi connectivity index (χ3n) is 3.54. The van der Waals surface area contributed by atoms with Crippen molar-refractivity contribution in [1.82, 2.24) is 24.9 Å². The number of hydrogen-bond donors (Lipinski definition) is 1. The van der Waals surface area contributed by atoms with Gasteiger partial charge in [0.15, 0.2) is 0 Å². The van der Waals surface area contributed by atoms with Crippen molar-refractivity contribution in [1.29, 1.82) is 0 Å². The van der Waals surface area contributed by atoms with Crippen LogP contribution in [0.1, 0.15) is 13.8 Å². The maximum Gasteiger partial charge on any atom is 0.241 e. The second kappa shape index (κ2) is 7.97. The summed E-state index contributed by atoms with van der Waals surface area (Å²) in [6.07, 6.45) is 0. The van der Waals surface area contributed by atoms with Crippen molar-refractivity contribution in [2.45, 2.75) is 29.4 Å². The maximum atomic E-state index is 12.6. The van der Waals surface area contributed by atoms with Crippen molar-refractivity contribution in [3.8, 4) is 5.69 Å². The fraction of sp³-hybridized carbons (Fsp3) is 0.235. The maximum absolute atomic E-state index is 12.6. The first kappa shape index (κ1) is 19.8. The highest BCUT2D eigenvalue weighted by Gasteiger charge is 2.27. The van der Waals surface area contributed by atoms with E-state index in [9.17, 15) is 8.42 Å². The summed E-state index contributed by atoms with van der Waals surface area (Å²) >= 11 is 7.20. The third-order valence-corrected chi connectivity index (χ3v) is 6.88. The van der Waals surface area contributed by atoms with E-state index in [0.717, 1.165) is 5.69 Å². The first-order chi connectivity index (χ1) is 12.8. The van der Waals surface area contributed by atoms with Gasteiger partial charge in [-0.25, -0.2) is 13.1 Å². The number of nitrogens with one attached hydrogen (secondary N) is 1. The molecule has 0 unspecified atom stereocenters. The second-order valence-corrected chi connectivity index (χ2v) is 9.50. The van der Waals surface area contributed by atoms with E-state index in [-0.39, 0.29) is 4.90 Å². The van der Waals surface area contributed by atoms with Gasteiger partial charge in [0.05, 0.1) is 10.6 Å². The molecule has 2 aromatic carbocycles. The summed E-state index contributed by atoms with van der Waals surface area (Å²) in [5.74, 6) is 0.438. The van der Waals surface area contributed by atoms with Crippen LogP contribution in [0.4, 0.5) is 0 Å². The van der Waals surface area contributed by atoms with Crippen LogP contribution in [0.2, 0.25) is 5.02 Å². The van der Waals surface area contributed by atoms with E-state index < -0.39 is 15.6 Å². The van der Waals surface area contributed by atoms with Crippen LogP contribution in [0.25, 0.3) is 5.69 Å². The Morgan fingerprint density at radius 1 is 1.11 bits per heavy atom. The van der Waals surface area contributed by atoms with E-state index in [1.165, 1.54) is 23.9 Å². The summed E-state index contributed by atoms with van der Waals surface area (Å²) < 4.78 is 29.5. The van der Waals surface area contributed by atoms with Crippen molar-refractivity contribution in [2.24, 2.45) is 0 Å². The summed E-state index contributed by atoms with van der Waals surface area (Å²) in [5, 5.41) is 12.8. The normalized spacial score (nSPS) is 12.3. The van der Waals surface area contributed by atoms with E-state index in [2.05, 4.69) is 20.2 Å². The minimum absolute atomic E-state index is 0.166. The Morgan fingerprint density at radius 3 is 2.44 bits per heavy atom. The van der Waals surface area contributed by atoms with Crippen LogP contribution in [-0.2, 0) is 10.0 Å². The smallest absolute Gasteiger partial charge is 0.207 e.